The van der Waals surface area contributed by atoms with Crippen molar-refractivity contribution >= 4 is 25.7 Å². The van der Waals surface area contributed by atoms with Crippen LogP contribution < -0.4 is 0 Å². The van der Waals surface area contributed by atoms with E-state index in [1.807, 2.05) is 18.2 Å². The van der Waals surface area contributed by atoms with Gasteiger partial charge in [-0.1, -0.05) is 209 Å². The van der Waals surface area contributed by atoms with Crippen LogP contribution in [0.3, 0.4) is 0 Å². The predicted molar refractivity (Wildman–Crippen MR) is 279 cm³/mol. The quantitative estimate of drug-likeness (QED) is 0.0197. The molecule has 3 unspecified atom stereocenters. The van der Waals surface area contributed by atoms with Gasteiger partial charge in [0.2, 0.25) is 0 Å². The number of hydrogen-bond donors (Lipinski definition) is 2. The van der Waals surface area contributed by atoms with Crippen molar-refractivity contribution in [1.82, 2.24) is 0 Å². The Bertz CT molecular complexity index is 1420. The first kappa shape index (κ1) is 64.9. The van der Waals surface area contributed by atoms with Crippen LogP contribution in [0.15, 0.2) is 72.9 Å². The van der Waals surface area contributed by atoms with Crippen LogP contribution in [-0.2, 0) is 42.2 Å². The van der Waals surface area contributed by atoms with Gasteiger partial charge in [-0.2, -0.15) is 0 Å². The Balaban J connectivity index is 4.76. The van der Waals surface area contributed by atoms with Crippen LogP contribution in [0.1, 0.15) is 226 Å². The van der Waals surface area contributed by atoms with Crippen molar-refractivity contribution in [3.05, 3.63) is 72.9 Å². The molecule has 3 atom stereocenters. The van der Waals surface area contributed by atoms with E-state index in [0.29, 0.717) is 19.3 Å². The van der Waals surface area contributed by atoms with Crippen LogP contribution in [0.5, 0.6) is 0 Å². The molecule has 0 aromatic rings. The zero-order valence-electron chi connectivity index (χ0n) is 43.1. The highest BCUT2D eigenvalue weighted by molar-refractivity contribution is 7.47. The summed E-state index contributed by atoms with van der Waals surface area (Å²) in [7, 11) is -4.76. The summed E-state index contributed by atoms with van der Waals surface area (Å²) in [5.74, 6) is -1.61. The summed E-state index contributed by atoms with van der Waals surface area (Å²) in [5.41, 5.74) is 0. The number of unbranched alkanes of at least 4 members (excludes halogenated alkanes) is 21. The number of rotatable bonds is 49. The first-order valence-electron chi connectivity index (χ1n) is 26.8. The monoisotopic (exact) mass is 977 g/mol. The van der Waals surface area contributed by atoms with E-state index in [-0.39, 0.29) is 25.9 Å². The number of phosphoric acid groups is 1. The molecule has 68 heavy (non-hydrogen) atoms. The minimum atomic E-state index is -4.76. The highest BCUT2D eigenvalue weighted by atomic mass is 31.2. The Hall–Kier alpha value is -3.08. The summed E-state index contributed by atoms with van der Waals surface area (Å²) in [6, 6.07) is 0. The average molecular weight is 977 g/mol. The second kappa shape index (κ2) is 50.3. The number of phosphoric ester groups is 1. The van der Waals surface area contributed by atoms with Crippen LogP contribution in [0.25, 0.3) is 0 Å². The van der Waals surface area contributed by atoms with Crippen molar-refractivity contribution in [2.45, 2.75) is 238 Å². The van der Waals surface area contributed by atoms with E-state index in [2.05, 4.69) is 69.4 Å². The van der Waals surface area contributed by atoms with Crippen LogP contribution in [0.4, 0.5) is 0 Å². The van der Waals surface area contributed by atoms with E-state index in [0.717, 1.165) is 77.0 Å². The fourth-order valence-corrected chi connectivity index (χ4v) is 7.86. The number of carbonyl (C=O) groups is 3. The lowest BCUT2D eigenvalue weighted by Gasteiger charge is -2.21. The van der Waals surface area contributed by atoms with E-state index in [4.69, 9.17) is 23.3 Å². The molecule has 0 bridgehead atoms. The van der Waals surface area contributed by atoms with Gasteiger partial charge in [-0.05, 0) is 70.6 Å². The van der Waals surface area contributed by atoms with Crippen LogP contribution in [0.2, 0.25) is 0 Å². The average Bonchev–Trinajstić information content (AvgIpc) is 3.32. The standard InChI is InChI=1S/C56H97O11P/c1-4-7-10-13-16-19-21-23-25-26-28-30-32-35-38-41-44-47-56(60)67-53(49-63-54(58)45-42-39-36-33-18-15-12-9-6-3)51-65-68(61,62)64-50-52(48-57)66-55(59)46-43-40-37-34-31-29-27-24-22-20-17-14-11-8-5-2/h8,11,17,20,23-25,27,31,34,40,43,52-53,57H,4-7,9-10,12-16,18-19,21-22,26,28-30,32-33,35-39,41-42,44-51H2,1-3H3,(H,61,62)/b11-8-,20-17-,25-23-,27-24-,34-31-,43-40-. The molecular formula is C56H97O11P. The lowest BCUT2D eigenvalue weighted by atomic mass is 10.1. The molecule has 0 heterocycles. The maximum Gasteiger partial charge on any atom is 0.472 e. The fourth-order valence-electron chi connectivity index (χ4n) is 7.07. The van der Waals surface area contributed by atoms with Gasteiger partial charge in [0.15, 0.2) is 6.10 Å². The van der Waals surface area contributed by atoms with Crippen LogP contribution >= 0.6 is 7.82 Å². The molecule has 12 heteroatoms. The first-order chi connectivity index (χ1) is 33.2. The van der Waals surface area contributed by atoms with Crippen LogP contribution in [0, 0.1) is 0 Å². The Morgan fingerprint density at radius 1 is 0.441 bits per heavy atom. The van der Waals surface area contributed by atoms with Gasteiger partial charge in [0.05, 0.1) is 26.2 Å². The minimum absolute atomic E-state index is 0.0559. The Morgan fingerprint density at radius 2 is 0.824 bits per heavy atom. The van der Waals surface area contributed by atoms with Crippen molar-refractivity contribution < 1.29 is 52.2 Å². The second-order valence-corrected chi connectivity index (χ2v) is 19.1. The van der Waals surface area contributed by atoms with E-state index in [1.54, 1.807) is 6.08 Å². The zero-order chi connectivity index (χ0) is 49.9. The third kappa shape index (κ3) is 48.0. The van der Waals surface area contributed by atoms with Gasteiger partial charge in [-0.25, -0.2) is 4.57 Å². The normalized spacial score (nSPS) is 14.0. The third-order valence-corrected chi connectivity index (χ3v) is 12.1. The molecule has 0 spiro atoms. The molecular weight excluding hydrogens is 880 g/mol. The summed E-state index contributed by atoms with van der Waals surface area (Å²) in [6.07, 6.45) is 54.8. The molecule has 0 aliphatic heterocycles. The number of carbonyl (C=O) groups excluding carboxylic acids is 3. The van der Waals surface area contributed by atoms with Gasteiger partial charge in [0.25, 0.3) is 0 Å². The lowest BCUT2D eigenvalue weighted by molar-refractivity contribution is -0.161. The lowest BCUT2D eigenvalue weighted by Crippen LogP contribution is -2.30. The van der Waals surface area contributed by atoms with Gasteiger partial charge in [-0.15, -0.1) is 0 Å². The maximum atomic E-state index is 12.8. The molecule has 0 saturated carbocycles. The molecule has 392 valence electrons. The predicted octanol–water partition coefficient (Wildman–Crippen LogP) is 15.4. The summed E-state index contributed by atoms with van der Waals surface area (Å²) < 4.78 is 39.2. The van der Waals surface area contributed by atoms with Gasteiger partial charge in [0.1, 0.15) is 12.7 Å². The SMILES string of the molecule is CC/C=C\C/C=C\C/C=C\C/C=C\C/C=C\CC(=O)OC(CO)COP(=O)(O)OCC(COC(=O)CCCCCCCCCCC)OC(=O)CCCCCCCCC/C=C\CCCCCCCC. The topological polar surface area (TPSA) is 155 Å². The molecule has 0 saturated heterocycles. The van der Waals surface area contributed by atoms with Crippen molar-refractivity contribution in [2.24, 2.45) is 0 Å². The van der Waals surface area contributed by atoms with Crippen molar-refractivity contribution in [3.8, 4) is 0 Å². The van der Waals surface area contributed by atoms with E-state index < -0.39 is 57.8 Å². The number of aliphatic hydroxyl groups excluding tert-OH is 1. The highest BCUT2D eigenvalue weighted by Crippen LogP contribution is 2.43. The smallest absolute Gasteiger partial charge is 0.462 e. The number of allylic oxidation sites excluding steroid dienone is 11. The molecule has 0 aliphatic rings. The van der Waals surface area contributed by atoms with E-state index in [1.165, 1.54) is 89.9 Å². The number of hydrogen-bond acceptors (Lipinski definition) is 10. The number of esters is 3. The molecule has 2 N–H and O–H groups in total. The van der Waals surface area contributed by atoms with Crippen molar-refractivity contribution in [3.63, 3.8) is 0 Å². The molecule has 0 aliphatic carbocycles. The minimum Gasteiger partial charge on any atom is -0.462 e. The molecule has 0 radical (unpaired) electrons. The largest absolute Gasteiger partial charge is 0.472 e. The first-order valence-corrected chi connectivity index (χ1v) is 28.3. The second-order valence-electron chi connectivity index (χ2n) is 17.7. The molecule has 0 amide bonds. The molecule has 0 rings (SSSR count). The third-order valence-electron chi connectivity index (χ3n) is 11.1. The zero-order valence-corrected chi connectivity index (χ0v) is 43.9. The summed E-state index contributed by atoms with van der Waals surface area (Å²) >= 11 is 0. The van der Waals surface area contributed by atoms with E-state index >= 15 is 0 Å². The van der Waals surface area contributed by atoms with E-state index in [9.17, 15) is 28.9 Å². The Kier molecular flexibility index (Phi) is 48.0. The van der Waals surface area contributed by atoms with Crippen LogP contribution in [-0.4, -0.2) is 66.5 Å². The molecule has 0 aromatic carbocycles. The van der Waals surface area contributed by atoms with Gasteiger partial charge in [-0.3, -0.25) is 23.4 Å². The summed E-state index contributed by atoms with van der Waals surface area (Å²) in [4.78, 5) is 48.2. The number of ether oxygens (including phenoxy) is 3. The van der Waals surface area contributed by atoms with Gasteiger partial charge >= 0.3 is 25.7 Å². The Morgan fingerprint density at radius 3 is 1.28 bits per heavy atom. The summed E-state index contributed by atoms with van der Waals surface area (Å²) in [6.45, 7) is 4.38. The van der Waals surface area contributed by atoms with Gasteiger partial charge in [0, 0.05) is 12.8 Å². The Labute approximate surface area is 414 Å². The maximum absolute atomic E-state index is 12.8. The highest BCUT2D eigenvalue weighted by Gasteiger charge is 2.28. The fraction of sp³-hybridized carbons (Fsp3) is 0.732. The van der Waals surface area contributed by atoms with Crippen molar-refractivity contribution in [1.29, 1.82) is 0 Å². The molecule has 0 aromatic heterocycles. The molecule has 0 fully saturated rings. The summed E-state index contributed by atoms with van der Waals surface area (Å²) in [5, 5.41) is 9.76. The molecule has 11 nitrogen and oxygen atoms in total. The number of aliphatic hydroxyl groups is 1. The van der Waals surface area contributed by atoms with Gasteiger partial charge < -0.3 is 24.2 Å². The van der Waals surface area contributed by atoms with Crippen molar-refractivity contribution in [2.75, 3.05) is 26.4 Å².